The highest BCUT2D eigenvalue weighted by atomic mass is 16.5. The smallest absolute Gasteiger partial charge is 0.272 e. The van der Waals surface area contributed by atoms with Crippen molar-refractivity contribution >= 4 is 5.91 Å². The van der Waals surface area contributed by atoms with E-state index in [2.05, 4.69) is 0 Å². The lowest BCUT2D eigenvalue weighted by molar-refractivity contribution is 0.0297. The first-order valence-corrected chi connectivity index (χ1v) is 8.93. The van der Waals surface area contributed by atoms with Gasteiger partial charge in [-0.2, -0.15) is 5.10 Å². The lowest BCUT2D eigenvalue weighted by Gasteiger charge is -2.26. The van der Waals surface area contributed by atoms with Crippen molar-refractivity contribution in [2.45, 2.75) is 0 Å². The highest BCUT2D eigenvalue weighted by molar-refractivity contribution is 5.94. The van der Waals surface area contributed by atoms with E-state index >= 15 is 0 Å². The molecule has 4 rings (SSSR count). The predicted molar refractivity (Wildman–Crippen MR) is 102 cm³/mol. The van der Waals surface area contributed by atoms with Gasteiger partial charge in [0.15, 0.2) is 0 Å². The van der Waals surface area contributed by atoms with Crippen LogP contribution < -0.4 is 4.74 Å². The van der Waals surface area contributed by atoms with Gasteiger partial charge in [-0.1, -0.05) is 18.2 Å². The predicted octanol–water partition coefficient (Wildman–Crippen LogP) is 3.02. The molecule has 1 aromatic heterocycles. The number of benzene rings is 2. The van der Waals surface area contributed by atoms with Gasteiger partial charge in [0.05, 0.1) is 31.7 Å². The minimum atomic E-state index is -0.0329. The molecule has 6 heteroatoms. The maximum absolute atomic E-state index is 13.1. The maximum Gasteiger partial charge on any atom is 0.272 e. The molecule has 1 fully saturated rings. The number of carbonyl (C=O) groups is 1. The number of morpholine rings is 1. The lowest BCUT2D eigenvalue weighted by Crippen LogP contribution is -2.41. The third kappa shape index (κ3) is 3.57. The van der Waals surface area contributed by atoms with Crippen molar-refractivity contribution in [1.29, 1.82) is 0 Å². The molecule has 0 spiro atoms. The number of ether oxygens (including phenoxy) is 2. The SMILES string of the molecule is COc1ccc(-c2cc(C(=O)N3CCOCC3)n(-c3ccccc3)n2)cc1. The molecule has 0 aliphatic carbocycles. The molecule has 1 aliphatic rings. The molecule has 138 valence electrons. The van der Waals surface area contributed by atoms with Gasteiger partial charge >= 0.3 is 0 Å². The van der Waals surface area contributed by atoms with Crippen molar-refractivity contribution in [1.82, 2.24) is 14.7 Å². The average molecular weight is 363 g/mol. The van der Waals surface area contributed by atoms with Crippen LogP contribution in [0.5, 0.6) is 5.75 Å². The molecule has 0 unspecified atom stereocenters. The monoisotopic (exact) mass is 363 g/mol. The Kier molecular flexibility index (Phi) is 4.89. The molecule has 0 saturated carbocycles. The molecule has 0 atom stereocenters. The Labute approximate surface area is 157 Å². The quantitative estimate of drug-likeness (QED) is 0.715. The minimum absolute atomic E-state index is 0.0329. The Hall–Kier alpha value is -3.12. The van der Waals surface area contributed by atoms with Crippen LogP contribution in [0.2, 0.25) is 0 Å². The summed E-state index contributed by atoms with van der Waals surface area (Å²) in [5.41, 5.74) is 3.09. The number of nitrogens with zero attached hydrogens (tertiary/aromatic N) is 3. The van der Waals surface area contributed by atoms with E-state index in [0.29, 0.717) is 32.0 Å². The summed E-state index contributed by atoms with van der Waals surface area (Å²) in [5.74, 6) is 0.750. The zero-order chi connectivity index (χ0) is 18.6. The molecule has 1 saturated heterocycles. The Morgan fingerprint density at radius 2 is 1.74 bits per heavy atom. The fourth-order valence-corrected chi connectivity index (χ4v) is 3.13. The van der Waals surface area contributed by atoms with Crippen molar-refractivity contribution in [2.75, 3.05) is 33.4 Å². The fourth-order valence-electron chi connectivity index (χ4n) is 3.13. The van der Waals surface area contributed by atoms with Crippen LogP contribution >= 0.6 is 0 Å². The number of methoxy groups -OCH3 is 1. The summed E-state index contributed by atoms with van der Waals surface area (Å²) in [4.78, 5) is 14.9. The largest absolute Gasteiger partial charge is 0.497 e. The summed E-state index contributed by atoms with van der Waals surface area (Å²) in [6.07, 6.45) is 0. The molecular weight excluding hydrogens is 342 g/mol. The van der Waals surface area contributed by atoms with Gasteiger partial charge in [-0.3, -0.25) is 4.79 Å². The molecule has 2 heterocycles. The second kappa shape index (κ2) is 7.63. The molecule has 27 heavy (non-hydrogen) atoms. The van der Waals surface area contributed by atoms with E-state index in [4.69, 9.17) is 14.6 Å². The molecule has 2 aromatic carbocycles. The summed E-state index contributed by atoms with van der Waals surface area (Å²) in [7, 11) is 1.64. The topological polar surface area (TPSA) is 56.6 Å². The molecule has 1 amide bonds. The number of para-hydroxylation sites is 1. The molecular formula is C21H21N3O3. The molecule has 0 bridgehead atoms. The maximum atomic E-state index is 13.1. The van der Waals surface area contributed by atoms with E-state index in [-0.39, 0.29) is 5.91 Å². The van der Waals surface area contributed by atoms with Gasteiger partial charge in [-0.05, 0) is 42.5 Å². The molecule has 6 nitrogen and oxygen atoms in total. The Morgan fingerprint density at radius 1 is 1.04 bits per heavy atom. The summed E-state index contributed by atoms with van der Waals surface area (Å²) in [5, 5.41) is 4.72. The van der Waals surface area contributed by atoms with Gasteiger partial charge in [-0.15, -0.1) is 0 Å². The molecule has 3 aromatic rings. The van der Waals surface area contributed by atoms with Crippen LogP contribution in [0.4, 0.5) is 0 Å². The van der Waals surface area contributed by atoms with E-state index in [1.165, 1.54) is 0 Å². The van der Waals surface area contributed by atoms with Crippen LogP contribution in [0.1, 0.15) is 10.5 Å². The third-order valence-electron chi connectivity index (χ3n) is 4.61. The summed E-state index contributed by atoms with van der Waals surface area (Å²) < 4.78 is 12.3. The number of carbonyl (C=O) groups excluding carboxylic acids is 1. The van der Waals surface area contributed by atoms with E-state index in [1.807, 2.05) is 65.6 Å². The second-order valence-electron chi connectivity index (χ2n) is 6.30. The van der Waals surface area contributed by atoms with Crippen molar-refractivity contribution in [3.8, 4) is 22.7 Å². The number of amides is 1. The van der Waals surface area contributed by atoms with Crippen LogP contribution in [-0.2, 0) is 4.74 Å². The first-order chi connectivity index (χ1) is 13.3. The first kappa shape index (κ1) is 17.3. The second-order valence-corrected chi connectivity index (χ2v) is 6.30. The minimum Gasteiger partial charge on any atom is -0.497 e. The van der Waals surface area contributed by atoms with Gasteiger partial charge in [-0.25, -0.2) is 4.68 Å². The van der Waals surface area contributed by atoms with Gasteiger partial charge < -0.3 is 14.4 Å². The number of hydrogen-bond acceptors (Lipinski definition) is 4. The number of hydrogen-bond donors (Lipinski definition) is 0. The van der Waals surface area contributed by atoms with Gasteiger partial charge in [0, 0.05) is 18.7 Å². The summed E-state index contributed by atoms with van der Waals surface area (Å²) >= 11 is 0. The average Bonchev–Trinajstić information content (AvgIpc) is 3.20. The van der Waals surface area contributed by atoms with Crippen LogP contribution in [0, 0.1) is 0 Å². The van der Waals surface area contributed by atoms with E-state index in [1.54, 1.807) is 11.8 Å². The molecule has 0 radical (unpaired) electrons. The van der Waals surface area contributed by atoms with Crippen LogP contribution in [0.3, 0.4) is 0 Å². The fraction of sp³-hybridized carbons (Fsp3) is 0.238. The van der Waals surface area contributed by atoms with Gasteiger partial charge in [0.2, 0.25) is 0 Å². The van der Waals surface area contributed by atoms with Crippen molar-refractivity contribution in [2.24, 2.45) is 0 Å². The zero-order valence-corrected chi connectivity index (χ0v) is 15.2. The van der Waals surface area contributed by atoms with Gasteiger partial charge in [0.25, 0.3) is 5.91 Å². The van der Waals surface area contributed by atoms with Crippen molar-refractivity contribution in [3.05, 3.63) is 66.4 Å². The third-order valence-corrected chi connectivity index (χ3v) is 4.61. The van der Waals surface area contributed by atoms with E-state index in [0.717, 1.165) is 22.7 Å². The summed E-state index contributed by atoms with van der Waals surface area (Å²) in [6.45, 7) is 2.32. The Bertz CT molecular complexity index is 914. The van der Waals surface area contributed by atoms with Crippen LogP contribution in [-0.4, -0.2) is 54.0 Å². The molecule has 1 aliphatic heterocycles. The normalized spacial score (nSPS) is 14.2. The van der Waals surface area contributed by atoms with Gasteiger partial charge in [0.1, 0.15) is 11.4 Å². The van der Waals surface area contributed by atoms with Crippen molar-refractivity contribution in [3.63, 3.8) is 0 Å². The zero-order valence-electron chi connectivity index (χ0n) is 15.2. The highest BCUT2D eigenvalue weighted by Gasteiger charge is 2.24. The molecule has 0 N–H and O–H groups in total. The lowest BCUT2D eigenvalue weighted by atomic mass is 10.1. The number of aromatic nitrogens is 2. The Balaban J connectivity index is 1.75. The first-order valence-electron chi connectivity index (χ1n) is 8.93. The highest BCUT2D eigenvalue weighted by Crippen LogP contribution is 2.25. The van der Waals surface area contributed by atoms with E-state index in [9.17, 15) is 4.79 Å². The summed E-state index contributed by atoms with van der Waals surface area (Å²) in [6, 6.07) is 19.2. The van der Waals surface area contributed by atoms with Crippen LogP contribution in [0.15, 0.2) is 60.7 Å². The van der Waals surface area contributed by atoms with E-state index < -0.39 is 0 Å². The van der Waals surface area contributed by atoms with Crippen LogP contribution in [0.25, 0.3) is 16.9 Å². The Morgan fingerprint density at radius 3 is 2.41 bits per heavy atom. The standard InChI is InChI=1S/C21H21N3O3/c1-26-18-9-7-16(8-10-18)19-15-20(21(25)23-11-13-27-14-12-23)24(22-19)17-5-3-2-4-6-17/h2-10,15H,11-14H2,1H3. The van der Waals surface area contributed by atoms with Crippen molar-refractivity contribution < 1.29 is 14.3 Å². The number of rotatable bonds is 4.